The van der Waals surface area contributed by atoms with E-state index in [9.17, 15) is 13.2 Å². The number of carbonyl (C=O) groups is 1. The van der Waals surface area contributed by atoms with Crippen molar-refractivity contribution in [2.75, 3.05) is 10.0 Å². The van der Waals surface area contributed by atoms with E-state index in [4.69, 9.17) is 23.8 Å². The number of thiazole rings is 1. The van der Waals surface area contributed by atoms with E-state index in [2.05, 4.69) is 20.3 Å². The van der Waals surface area contributed by atoms with Crippen LogP contribution in [0.3, 0.4) is 0 Å². The van der Waals surface area contributed by atoms with Gasteiger partial charge in [0.25, 0.3) is 15.9 Å². The molecule has 3 rings (SSSR count). The molecule has 3 aromatic rings. The largest absolute Gasteiger partial charge is 0.332 e. The van der Waals surface area contributed by atoms with Gasteiger partial charge in [-0.25, -0.2) is 13.4 Å². The van der Waals surface area contributed by atoms with Gasteiger partial charge in [0.1, 0.15) is 0 Å². The second kappa shape index (κ2) is 8.65. The van der Waals surface area contributed by atoms with E-state index in [-0.39, 0.29) is 21.0 Å². The Morgan fingerprint density at radius 3 is 2.36 bits per heavy atom. The van der Waals surface area contributed by atoms with Crippen LogP contribution in [0.2, 0.25) is 5.02 Å². The molecule has 0 unspecified atom stereocenters. The lowest BCUT2D eigenvalue weighted by atomic mass is 10.2. The highest BCUT2D eigenvalue weighted by molar-refractivity contribution is 7.93. The number of hydrogen-bond donors (Lipinski definition) is 3. The third kappa shape index (κ3) is 5.26. The van der Waals surface area contributed by atoms with Gasteiger partial charge in [-0.2, -0.15) is 0 Å². The van der Waals surface area contributed by atoms with Crippen molar-refractivity contribution in [3.8, 4) is 0 Å². The average molecular weight is 453 g/mol. The van der Waals surface area contributed by atoms with Crippen LogP contribution in [0.5, 0.6) is 0 Å². The molecule has 28 heavy (non-hydrogen) atoms. The number of halogens is 1. The first kappa shape index (κ1) is 20.2. The van der Waals surface area contributed by atoms with Gasteiger partial charge in [0.15, 0.2) is 10.2 Å². The molecule has 11 heteroatoms. The molecule has 0 radical (unpaired) electrons. The highest BCUT2D eigenvalue weighted by atomic mass is 35.5. The first-order valence-electron chi connectivity index (χ1n) is 7.74. The van der Waals surface area contributed by atoms with E-state index in [0.717, 1.165) is 0 Å². The van der Waals surface area contributed by atoms with Crippen LogP contribution in [0.1, 0.15) is 10.4 Å². The molecular formula is C17H13ClN4O3S3. The monoisotopic (exact) mass is 452 g/mol. The Hall–Kier alpha value is -2.53. The summed E-state index contributed by atoms with van der Waals surface area (Å²) in [6, 6.07) is 12.3. The molecule has 144 valence electrons. The van der Waals surface area contributed by atoms with E-state index >= 15 is 0 Å². The summed E-state index contributed by atoms with van der Waals surface area (Å²) in [4.78, 5) is 16.1. The lowest BCUT2D eigenvalue weighted by molar-refractivity contribution is 0.0977. The van der Waals surface area contributed by atoms with Gasteiger partial charge in [0.2, 0.25) is 0 Å². The first-order chi connectivity index (χ1) is 13.3. The second-order valence-electron chi connectivity index (χ2n) is 5.38. The van der Waals surface area contributed by atoms with Crippen LogP contribution in [-0.2, 0) is 10.0 Å². The number of rotatable bonds is 5. The van der Waals surface area contributed by atoms with E-state index in [1.165, 1.54) is 41.8 Å². The number of benzene rings is 2. The SMILES string of the molecule is O=C(NC(=S)Nc1ccc(S(=O)(=O)Nc2nccs2)cc1)c1ccc(Cl)cc1. The molecule has 0 bridgehead atoms. The van der Waals surface area contributed by atoms with Crippen molar-refractivity contribution in [2.24, 2.45) is 0 Å². The summed E-state index contributed by atoms with van der Waals surface area (Å²) >= 11 is 12.1. The fraction of sp³-hybridized carbons (Fsp3) is 0. The molecule has 0 saturated carbocycles. The Labute approximate surface area is 175 Å². The van der Waals surface area contributed by atoms with Crippen molar-refractivity contribution in [3.05, 3.63) is 70.7 Å². The molecule has 1 aromatic heterocycles. The smallest absolute Gasteiger partial charge is 0.263 e. The maximum atomic E-state index is 12.3. The minimum atomic E-state index is -3.73. The van der Waals surface area contributed by atoms with Crippen LogP contribution in [0.15, 0.2) is 65.0 Å². The molecule has 0 fully saturated rings. The molecule has 1 amide bonds. The van der Waals surface area contributed by atoms with Crippen LogP contribution < -0.4 is 15.4 Å². The van der Waals surface area contributed by atoms with E-state index in [1.807, 2.05) is 0 Å². The van der Waals surface area contributed by atoms with Crippen molar-refractivity contribution in [1.29, 1.82) is 0 Å². The third-order valence-electron chi connectivity index (χ3n) is 3.41. The number of amides is 1. The highest BCUT2D eigenvalue weighted by Gasteiger charge is 2.15. The Morgan fingerprint density at radius 1 is 1.07 bits per heavy atom. The van der Waals surface area contributed by atoms with Crippen molar-refractivity contribution >= 4 is 67.0 Å². The molecule has 0 saturated heterocycles. The number of hydrogen-bond acceptors (Lipinski definition) is 6. The van der Waals surface area contributed by atoms with Gasteiger partial charge in [-0.3, -0.25) is 14.8 Å². The van der Waals surface area contributed by atoms with Crippen molar-refractivity contribution < 1.29 is 13.2 Å². The number of nitrogens with zero attached hydrogens (tertiary/aromatic N) is 1. The van der Waals surface area contributed by atoms with Gasteiger partial charge in [-0.1, -0.05) is 11.6 Å². The maximum absolute atomic E-state index is 12.3. The fourth-order valence-electron chi connectivity index (χ4n) is 2.10. The zero-order valence-electron chi connectivity index (χ0n) is 14.0. The fourth-order valence-corrected chi connectivity index (χ4v) is 4.23. The normalized spacial score (nSPS) is 10.9. The summed E-state index contributed by atoms with van der Waals surface area (Å²) in [6.45, 7) is 0. The van der Waals surface area contributed by atoms with E-state index in [1.54, 1.807) is 29.6 Å². The lowest BCUT2D eigenvalue weighted by Crippen LogP contribution is -2.34. The molecular weight excluding hydrogens is 440 g/mol. The highest BCUT2D eigenvalue weighted by Crippen LogP contribution is 2.19. The summed E-state index contributed by atoms with van der Waals surface area (Å²) in [5, 5.41) is 7.93. The van der Waals surface area contributed by atoms with Gasteiger partial charge in [-0.05, 0) is 60.7 Å². The molecule has 0 atom stereocenters. The summed E-state index contributed by atoms with van der Waals surface area (Å²) in [7, 11) is -3.73. The average Bonchev–Trinajstić information content (AvgIpc) is 3.15. The third-order valence-corrected chi connectivity index (χ3v) is 6.04. The minimum Gasteiger partial charge on any atom is -0.332 e. The number of sulfonamides is 1. The van der Waals surface area contributed by atoms with Gasteiger partial charge in [0.05, 0.1) is 4.90 Å². The predicted octanol–water partition coefficient (Wildman–Crippen LogP) is 3.72. The van der Waals surface area contributed by atoms with Gasteiger partial charge in [0, 0.05) is 27.9 Å². The molecule has 1 heterocycles. The standard InChI is InChI=1S/C17H13ClN4O3S3/c18-12-3-1-11(2-4-12)15(23)21-16(26)20-13-5-7-14(8-6-13)28(24,25)22-17-19-9-10-27-17/h1-10H,(H,19,22)(H2,20,21,23,26). The molecule has 0 spiro atoms. The van der Waals surface area contributed by atoms with Crippen LogP contribution in [-0.4, -0.2) is 24.4 Å². The quantitative estimate of drug-likeness (QED) is 0.510. The van der Waals surface area contributed by atoms with Crippen LogP contribution in [0, 0.1) is 0 Å². The van der Waals surface area contributed by atoms with E-state index in [0.29, 0.717) is 16.3 Å². The Bertz CT molecular complexity index is 1080. The second-order valence-corrected chi connectivity index (χ2v) is 8.80. The molecule has 7 nitrogen and oxygen atoms in total. The number of anilines is 2. The van der Waals surface area contributed by atoms with Crippen LogP contribution >= 0.6 is 35.2 Å². The van der Waals surface area contributed by atoms with Crippen molar-refractivity contribution in [3.63, 3.8) is 0 Å². The van der Waals surface area contributed by atoms with Gasteiger partial charge >= 0.3 is 0 Å². The number of thiocarbonyl (C=S) groups is 1. The summed E-state index contributed by atoms with van der Waals surface area (Å²) in [5.74, 6) is -0.388. The number of aromatic nitrogens is 1. The summed E-state index contributed by atoms with van der Waals surface area (Å²) < 4.78 is 27.0. The van der Waals surface area contributed by atoms with Crippen molar-refractivity contribution in [1.82, 2.24) is 10.3 Å². The number of nitrogens with one attached hydrogen (secondary N) is 3. The topological polar surface area (TPSA) is 100 Å². The molecule has 0 aliphatic carbocycles. The summed E-state index contributed by atoms with van der Waals surface area (Å²) in [5.41, 5.74) is 0.929. The summed E-state index contributed by atoms with van der Waals surface area (Å²) in [6.07, 6.45) is 1.51. The van der Waals surface area contributed by atoms with Gasteiger partial charge in [-0.15, -0.1) is 11.3 Å². The van der Waals surface area contributed by atoms with Crippen LogP contribution in [0.4, 0.5) is 10.8 Å². The van der Waals surface area contributed by atoms with E-state index < -0.39 is 10.0 Å². The maximum Gasteiger partial charge on any atom is 0.263 e. The number of carbonyl (C=O) groups excluding carboxylic acids is 1. The predicted molar refractivity (Wildman–Crippen MR) is 115 cm³/mol. The zero-order valence-corrected chi connectivity index (χ0v) is 17.3. The first-order valence-corrected chi connectivity index (χ1v) is 10.9. The molecule has 3 N–H and O–H groups in total. The lowest BCUT2D eigenvalue weighted by Gasteiger charge is -2.11. The zero-order chi connectivity index (χ0) is 20.1. The van der Waals surface area contributed by atoms with Gasteiger partial charge < -0.3 is 5.32 Å². The Balaban J connectivity index is 1.61. The molecule has 2 aromatic carbocycles. The van der Waals surface area contributed by atoms with Crippen molar-refractivity contribution in [2.45, 2.75) is 4.90 Å². The molecule has 0 aliphatic heterocycles. The Kier molecular flexibility index (Phi) is 6.25. The van der Waals surface area contributed by atoms with Crippen LogP contribution in [0.25, 0.3) is 0 Å². The Morgan fingerprint density at radius 2 is 1.75 bits per heavy atom. The minimum absolute atomic E-state index is 0.0735. The molecule has 0 aliphatic rings.